The third-order valence-electron chi connectivity index (χ3n) is 4.22. The fraction of sp³-hybridized carbons (Fsp3) is 0.714. The molecule has 2 N–H and O–H groups in total. The molecule has 22 heavy (non-hydrogen) atoms. The van der Waals surface area contributed by atoms with Gasteiger partial charge >= 0.3 is 0 Å². The second-order valence-corrected chi connectivity index (χ2v) is 7.97. The van der Waals surface area contributed by atoms with E-state index in [0.717, 1.165) is 10.8 Å². The number of aliphatic hydroxyl groups is 1. The lowest BCUT2D eigenvalue weighted by Crippen LogP contribution is -2.50. The Morgan fingerprint density at radius 1 is 1.64 bits per heavy atom. The molecule has 5 nitrogen and oxygen atoms in total. The van der Waals surface area contributed by atoms with E-state index in [9.17, 15) is 14.3 Å². The summed E-state index contributed by atoms with van der Waals surface area (Å²) in [5.41, 5.74) is -1.25. The highest BCUT2D eigenvalue weighted by Gasteiger charge is 2.40. The summed E-state index contributed by atoms with van der Waals surface area (Å²) in [6.45, 7) is 1.36. The zero-order valence-electron chi connectivity index (χ0n) is 12.2. The molecule has 0 radical (unpaired) electrons. The van der Waals surface area contributed by atoms with Crippen molar-refractivity contribution in [2.75, 3.05) is 24.6 Å². The largest absolute Gasteiger partial charge is 0.379 e. The van der Waals surface area contributed by atoms with Gasteiger partial charge in [-0.15, -0.1) is 11.3 Å². The zero-order chi connectivity index (χ0) is 15.6. The van der Waals surface area contributed by atoms with Crippen molar-refractivity contribution in [3.63, 3.8) is 0 Å². The molecular weight excluding hydrogens is 325 g/mol. The van der Waals surface area contributed by atoms with Gasteiger partial charge in [-0.25, -0.2) is 9.37 Å². The summed E-state index contributed by atoms with van der Waals surface area (Å²) in [5.74, 6) is 0.919. The first-order valence-electron chi connectivity index (χ1n) is 7.42. The lowest BCUT2D eigenvalue weighted by Gasteiger charge is -2.26. The van der Waals surface area contributed by atoms with E-state index in [0.29, 0.717) is 38.2 Å². The number of aromatic nitrogens is 1. The van der Waals surface area contributed by atoms with Crippen LogP contribution in [0.3, 0.4) is 0 Å². The summed E-state index contributed by atoms with van der Waals surface area (Å²) in [7, 11) is 0. The molecular formula is C14H20FN3O2S2. The molecule has 0 aliphatic carbocycles. The average Bonchev–Trinajstić information content (AvgIpc) is 3.20. The third-order valence-corrected chi connectivity index (χ3v) is 6.16. The SMILES string of the molecule is O=C(NC[C@@H]1C[C@H](F)CN1Cc1nccs1)C1(O)CCSC1. The molecule has 122 valence electrons. The molecule has 3 atom stereocenters. The van der Waals surface area contributed by atoms with Crippen molar-refractivity contribution in [1.29, 1.82) is 0 Å². The number of likely N-dealkylation sites (tertiary alicyclic amines) is 1. The van der Waals surface area contributed by atoms with E-state index >= 15 is 0 Å². The number of thiazole rings is 1. The van der Waals surface area contributed by atoms with Crippen LogP contribution in [0.25, 0.3) is 0 Å². The van der Waals surface area contributed by atoms with Crippen LogP contribution in [-0.4, -0.2) is 63.3 Å². The van der Waals surface area contributed by atoms with Gasteiger partial charge in [-0.3, -0.25) is 9.69 Å². The summed E-state index contributed by atoms with van der Waals surface area (Å²) in [6.07, 6.45) is 1.78. The quantitative estimate of drug-likeness (QED) is 0.835. The molecule has 3 rings (SSSR count). The molecule has 2 saturated heterocycles. The molecule has 1 aromatic rings. The highest BCUT2D eigenvalue weighted by Crippen LogP contribution is 2.28. The smallest absolute Gasteiger partial charge is 0.252 e. The molecule has 8 heteroatoms. The fourth-order valence-corrected chi connectivity index (χ4v) is 4.82. The van der Waals surface area contributed by atoms with E-state index in [1.165, 1.54) is 0 Å². The summed E-state index contributed by atoms with van der Waals surface area (Å²) < 4.78 is 13.7. The van der Waals surface area contributed by atoms with E-state index in [1.54, 1.807) is 29.3 Å². The minimum absolute atomic E-state index is 0.0412. The first-order chi connectivity index (χ1) is 10.6. The molecule has 1 aromatic heterocycles. The summed E-state index contributed by atoms with van der Waals surface area (Å²) in [6, 6.07) is -0.0412. The fourth-order valence-electron chi connectivity index (χ4n) is 2.94. The van der Waals surface area contributed by atoms with Crippen LogP contribution in [-0.2, 0) is 11.3 Å². The van der Waals surface area contributed by atoms with Crippen LogP contribution in [0.15, 0.2) is 11.6 Å². The van der Waals surface area contributed by atoms with Crippen molar-refractivity contribution in [1.82, 2.24) is 15.2 Å². The Kier molecular flexibility index (Phi) is 5.01. The first-order valence-corrected chi connectivity index (χ1v) is 9.45. The number of nitrogens with one attached hydrogen (secondary N) is 1. The van der Waals surface area contributed by atoms with Crippen molar-refractivity contribution < 1.29 is 14.3 Å². The average molecular weight is 345 g/mol. The molecule has 0 spiro atoms. The van der Waals surface area contributed by atoms with E-state index in [1.807, 2.05) is 10.3 Å². The molecule has 2 aliphatic heterocycles. The number of thioether (sulfide) groups is 1. The summed E-state index contributed by atoms with van der Waals surface area (Å²) in [4.78, 5) is 18.4. The predicted octanol–water partition coefficient (Wildman–Crippen LogP) is 1.04. The second kappa shape index (κ2) is 6.82. The monoisotopic (exact) mass is 345 g/mol. The minimum Gasteiger partial charge on any atom is -0.379 e. The van der Waals surface area contributed by atoms with Crippen molar-refractivity contribution >= 4 is 29.0 Å². The van der Waals surface area contributed by atoms with E-state index in [2.05, 4.69) is 10.3 Å². The molecule has 0 bridgehead atoms. The number of amides is 1. The Morgan fingerprint density at radius 3 is 3.18 bits per heavy atom. The molecule has 2 aliphatic rings. The van der Waals surface area contributed by atoms with Crippen LogP contribution < -0.4 is 5.32 Å². The topological polar surface area (TPSA) is 65.5 Å². The first kappa shape index (κ1) is 16.2. The number of halogens is 1. The molecule has 0 saturated carbocycles. The van der Waals surface area contributed by atoms with Gasteiger partial charge in [0.05, 0.1) is 6.54 Å². The van der Waals surface area contributed by atoms with Crippen molar-refractivity contribution in [2.45, 2.75) is 37.2 Å². The number of carbonyl (C=O) groups is 1. The van der Waals surface area contributed by atoms with Gasteiger partial charge in [0.25, 0.3) is 5.91 Å². The van der Waals surface area contributed by atoms with Crippen molar-refractivity contribution in [2.24, 2.45) is 0 Å². The van der Waals surface area contributed by atoms with Crippen LogP contribution in [0.1, 0.15) is 17.8 Å². The van der Waals surface area contributed by atoms with Gasteiger partial charge in [0.1, 0.15) is 11.2 Å². The second-order valence-electron chi connectivity index (χ2n) is 5.89. The lowest BCUT2D eigenvalue weighted by atomic mass is 10.0. The van der Waals surface area contributed by atoms with Gasteiger partial charge in [-0.1, -0.05) is 0 Å². The number of hydrogen-bond donors (Lipinski definition) is 2. The highest BCUT2D eigenvalue weighted by molar-refractivity contribution is 7.99. The zero-order valence-corrected chi connectivity index (χ0v) is 13.8. The van der Waals surface area contributed by atoms with Crippen molar-refractivity contribution in [3.05, 3.63) is 16.6 Å². The highest BCUT2D eigenvalue weighted by atomic mass is 32.2. The Balaban J connectivity index is 1.54. The van der Waals surface area contributed by atoms with E-state index in [-0.39, 0.29) is 11.9 Å². The van der Waals surface area contributed by atoms with Gasteiger partial charge in [0.2, 0.25) is 0 Å². The van der Waals surface area contributed by atoms with Gasteiger partial charge < -0.3 is 10.4 Å². The Labute approximate surface area is 137 Å². The number of carbonyl (C=O) groups excluding carboxylic acids is 1. The van der Waals surface area contributed by atoms with Crippen molar-refractivity contribution in [3.8, 4) is 0 Å². The van der Waals surface area contributed by atoms with E-state index in [4.69, 9.17) is 0 Å². The molecule has 1 unspecified atom stereocenters. The number of hydrogen-bond acceptors (Lipinski definition) is 6. The lowest BCUT2D eigenvalue weighted by molar-refractivity contribution is -0.137. The number of rotatable bonds is 5. The summed E-state index contributed by atoms with van der Waals surface area (Å²) in [5, 5.41) is 15.9. The van der Waals surface area contributed by atoms with Crippen LogP contribution >= 0.6 is 23.1 Å². The van der Waals surface area contributed by atoms with Gasteiger partial charge in [0, 0.05) is 36.5 Å². The Morgan fingerprint density at radius 2 is 2.50 bits per heavy atom. The number of alkyl halides is 1. The van der Waals surface area contributed by atoms with Gasteiger partial charge in [-0.05, 0) is 18.6 Å². The molecule has 0 aromatic carbocycles. The van der Waals surface area contributed by atoms with E-state index < -0.39 is 11.8 Å². The molecule has 3 heterocycles. The van der Waals surface area contributed by atoms with Crippen LogP contribution in [0.4, 0.5) is 4.39 Å². The normalized spacial score (nSPS) is 32.5. The standard InChI is InChI=1S/C14H20FN3O2S2/c15-10-5-11(18(7-10)8-12-16-2-4-22-12)6-17-13(19)14(20)1-3-21-9-14/h2,4,10-11,20H,1,3,5-9H2,(H,17,19)/t10-,11-,14?/m0/s1. The maximum atomic E-state index is 13.7. The van der Waals surface area contributed by atoms with Gasteiger partial charge in [0.15, 0.2) is 5.60 Å². The summed E-state index contributed by atoms with van der Waals surface area (Å²) >= 11 is 3.13. The van der Waals surface area contributed by atoms with Crippen LogP contribution in [0.2, 0.25) is 0 Å². The van der Waals surface area contributed by atoms with Crippen LogP contribution in [0, 0.1) is 0 Å². The maximum absolute atomic E-state index is 13.7. The Bertz CT molecular complexity index is 508. The predicted molar refractivity (Wildman–Crippen MR) is 85.7 cm³/mol. The Hall–Kier alpha value is -0.700. The number of nitrogens with zero attached hydrogens (tertiary/aromatic N) is 2. The maximum Gasteiger partial charge on any atom is 0.252 e. The minimum atomic E-state index is -1.25. The molecule has 2 fully saturated rings. The third kappa shape index (κ3) is 3.61. The van der Waals surface area contributed by atoms with Gasteiger partial charge in [-0.2, -0.15) is 11.8 Å². The molecule has 1 amide bonds. The van der Waals surface area contributed by atoms with Crippen LogP contribution in [0.5, 0.6) is 0 Å².